The fraction of sp³-hybridized carbons (Fsp3) is 0.679. The van der Waals surface area contributed by atoms with Crippen LogP contribution in [-0.4, -0.2) is 104 Å². The summed E-state index contributed by atoms with van der Waals surface area (Å²) in [7, 11) is 0. The molecule has 0 amide bonds. The summed E-state index contributed by atoms with van der Waals surface area (Å²) in [6.45, 7) is 87.1. The van der Waals surface area contributed by atoms with Crippen LogP contribution in [0.3, 0.4) is 0 Å². The minimum Gasteiger partial charge on any atom is -0.490 e. The van der Waals surface area contributed by atoms with E-state index in [4.69, 9.17) is 9.47 Å². The van der Waals surface area contributed by atoms with Crippen molar-refractivity contribution >= 4 is 0 Å². The third kappa shape index (κ3) is 33.5. The number of hydrogen-bond donors (Lipinski definition) is 18. The predicted octanol–water partition coefficient (Wildman–Crippen LogP) is 21.1. The summed E-state index contributed by atoms with van der Waals surface area (Å²) in [6, 6.07) is 16.4. The highest BCUT2D eigenvalue weighted by Gasteiger charge is 2.43. The van der Waals surface area contributed by atoms with E-state index in [1.54, 1.807) is 274 Å². The Labute approximate surface area is 797 Å². The summed E-state index contributed by atoms with van der Waals surface area (Å²) in [5.74, 6) is 1.30. The van der Waals surface area contributed by atoms with Crippen LogP contribution >= 0.6 is 0 Å². The molecule has 132 heavy (non-hydrogen) atoms. The van der Waals surface area contributed by atoms with Gasteiger partial charge in [0.1, 0.15) is 17.1 Å². The third-order valence-electron chi connectivity index (χ3n) is 24.0. The second-order valence-electron chi connectivity index (χ2n) is 49.4. The van der Waals surface area contributed by atoms with E-state index in [0.717, 1.165) is 113 Å². The summed E-state index contributed by atoms with van der Waals surface area (Å²) in [5.41, 5.74) is -1.02. The number of hydrogen-bond acceptors (Lipinski definition) is 20. The first-order valence-electron chi connectivity index (χ1n) is 47.1. The zero-order valence-corrected chi connectivity index (χ0v) is 91.3. The van der Waals surface area contributed by atoms with Crippen LogP contribution in [0.25, 0.3) is 0 Å². The molecule has 754 valence electrons. The monoisotopic (exact) mass is 1850 g/mol. The summed E-state index contributed by atoms with van der Waals surface area (Å²) in [5, 5.41) is 190. The van der Waals surface area contributed by atoms with E-state index in [1.165, 1.54) is 19.3 Å². The quantitative estimate of drug-likeness (QED) is 0.0300. The van der Waals surface area contributed by atoms with Gasteiger partial charge >= 0.3 is 0 Å². The van der Waals surface area contributed by atoms with Crippen molar-refractivity contribution in [3.8, 4) is 11.5 Å². The van der Waals surface area contributed by atoms with Crippen LogP contribution in [0, 0.1) is 34.6 Å². The maximum Gasteiger partial charge on any atom is 0.132 e. The minimum atomic E-state index is -1.18. The van der Waals surface area contributed by atoms with E-state index in [1.807, 2.05) is 99.6 Å². The molecule has 1 saturated carbocycles. The van der Waals surface area contributed by atoms with Crippen LogP contribution in [0.2, 0.25) is 0 Å². The van der Waals surface area contributed by atoms with Crippen molar-refractivity contribution in [1.82, 2.24) is 0 Å². The Kier molecular flexibility index (Phi) is 37.9. The molecule has 1 aliphatic rings. The summed E-state index contributed by atoms with van der Waals surface area (Å²) >= 11 is 0. The van der Waals surface area contributed by atoms with Crippen LogP contribution in [0.15, 0.2) is 54.6 Å². The molecule has 0 heterocycles. The number of ether oxygens (including phenoxy) is 2. The van der Waals surface area contributed by atoms with Crippen molar-refractivity contribution in [1.29, 1.82) is 0 Å². The average Bonchev–Trinajstić information content (AvgIpc) is 0.735. The topological polar surface area (TPSA) is 383 Å². The van der Waals surface area contributed by atoms with Crippen molar-refractivity contribution in [2.45, 2.75) is 495 Å². The van der Waals surface area contributed by atoms with Crippen LogP contribution in [0.1, 0.15) is 482 Å². The van der Waals surface area contributed by atoms with Gasteiger partial charge in [0.25, 0.3) is 0 Å². The summed E-state index contributed by atoms with van der Waals surface area (Å²) < 4.78 is 12.0. The van der Waals surface area contributed by atoms with Crippen molar-refractivity contribution in [3.63, 3.8) is 0 Å². The van der Waals surface area contributed by atoms with Gasteiger partial charge in [0.05, 0.1) is 107 Å². The van der Waals surface area contributed by atoms with Gasteiger partial charge in [0.2, 0.25) is 0 Å². The van der Waals surface area contributed by atoms with Crippen molar-refractivity contribution in [2.24, 2.45) is 0 Å². The highest BCUT2D eigenvalue weighted by Crippen LogP contribution is 2.50. The zero-order valence-electron chi connectivity index (χ0n) is 91.3. The molecule has 1 fully saturated rings. The number of aliphatic hydroxyl groups is 18. The Balaban J connectivity index is 0.000000537. The van der Waals surface area contributed by atoms with Crippen molar-refractivity contribution < 1.29 is 101 Å². The molecule has 20 heteroatoms. The molecule has 20 nitrogen and oxygen atoms in total. The molecule has 1 aliphatic carbocycles. The molecule has 0 aliphatic heterocycles. The average molecular weight is 1850 g/mol. The van der Waals surface area contributed by atoms with Gasteiger partial charge in [-0.15, -0.1) is 0 Å². The number of rotatable bonds is 22. The zero-order chi connectivity index (χ0) is 105. The van der Waals surface area contributed by atoms with Crippen LogP contribution in [0.5, 0.6) is 11.5 Å². The SMILES string of the molecule is CC(C)(C)Oc1c(C(C)(C)O)cc(C(C)(C)O)cc1C(C)(C)O.CC(C)(C)c1c(C(C)(C)O)cc(C(C)(C)O)cc1C(C)(C)O.CC(C)(O)c1cc(C(C)(C)O)c(C2CCCCC2)c(C(C)(C)O)c1.CC(C)Oc1c(C(C)(C)O)cc(C(C)(C)O)cc1C(C)(C)O.Cc1c(C(C)(C)O)c(C)c(C(C)(C)O)c(C)c1C(C)(C)O.Cc1c(C(C)(C)O)cc(C(C)(C)O)c(C)c1C(C)(C)O. The standard InChI is InChI=1S/C21H34O3.C19H32O4.C19H32O3.C18H30O4.C18H30O3.C17H28O3/c1-19(2,22)15-12-16(20(3,4)23)18(14-10-8-7-9-11-14)17(13-15)21(5,6)24;1-16(2,3)23-15-13(18(6,7)21)10-12(17(4,5)20)11-14(15)19(8,9)22;1-16(2,3)15-13(18(6,7)21)10-12(17(4,5)20)11-14(15)19(8,9)22;1-11(2)22-15-13(17(5,6)20)9-12(16(3,4)19)10-14(15)18(7,8)21;1-10-13(16(4,5)19)11(2)15(18(8,9)21)12(3)14(10)17(6,7)20;1-10-12(15(3,4)18)9-13(16(5,6)19)11(2)14(10)17(7,8)20/h12-14,22-24H,7-11H2,1-6H3;10-11,20-22H,1-9H3;10-11,20-22H,1-9H3;9-11,19-21H,1-8H3;19-21H,1-9H3;9,18-20H,1-8H3. The molecule has 6 aromatic carbocycles. The molecular weight excluding hydrogens is 1670 g/mol. The Hall–Kier alpha value is -5.80. The Bertz CT molecular complexity index is 4580. The van der Waals surface area contributed by atoms with E-state index in [9.17, 15) is 91.9 Å². The first-order chi connectivity index (χ1) is 57.6. The van der Waals surface area contributed by atoms with Crippen molar-refractivity contribution in [3.05, 3.63) is 194 Å². The molecule has 6 aromatic rings. The highest BCUT2D eigenvalue weighted by molar-refractivity contribution is 5.58. The molecule has 0 radical (unpaired) electrons. The van der Waals surface area contributed by atoms with Gasteiger partial charge < -0.3 is 101 Å². The predicted molar refractivity (Wildman–Crippen MR) is 537 cm³/mol. The maximum atomic E-state index is 10.8. The lowest BCUT2D eigenvalue weighted by Crippen LogP contribution is -2.32. The Morgan fingerprint density at radius 1 is 0.220 bits per heavy atom. The van der Waals surface area contributed by atoms with Gasteiger partial charge in [0.15, 0.2) is 0 Å². The second-order valence-corrected chi connectivity index (χ2v) is 49.4. The lowest BCUT2D eigenvalue weighted by atomic mass is 9.72. The molecule has 0 unspecified atom stereocenters. The second kappa shape index (κ2) is 40.9. The first kappa shape index (κ1) is 122. The molecular formula is C112H186O20. The summed E-state index contributed by atoms with van der Waals surface area (Å²) in [6.07, 6.45) is 5.72. The van der Waals surface area contributed by atoms with E-state index in [-0.39, 0.29) is 11.5 Å². The van der Waals surface area contributed by atoms with Gasteiger partial charge in [-0.25, -0.2) is 0 Å². The third-order valence-corrected chi connectivity index (χ3v) is 24.0. The van der Waals surface area contributed by atoms with Crippen LogP contribution in [0.4, 0.5) is 0 Å². The molecule has 0 saturated heterocycles. The maximum absolute atomic E-state index is 10.8. The lowest BCUT2D eigenvalue weighted by molar-refractivity contribution is 0.0476. The van der Waals surface area contributed by atoms with E-state index >= 15 is 0 Å². The fourth-order valence-corrected chi connectivity index (χ4v) is 18.3. The van der Waals surface area contributed by atoms with Crippen molar-refractivity contribution in [2.75, 3.05) is 0 Å². The molecule has 7 rings (SSSR count). The molecule has 18 N–H and O–H groups in total. The smallest absolute Gasteiger partial charge is 0.132 e. The first-order valence-corrected chi connectivity index (χ1v) is 47.1. The van der Waals surface area contributed by atoms with E-state index < -0.39 is 106 Å². The Morgan fingerprint density at radius 3 is 0.598 bits per heavy atom. The molecule has 0 aromatic heterocycles. The molecule has 0 atom stereocenters. The lowest BCUT2D eigenvalue weighted by Gasteiger charge is -2.37. The number of benzene rings is 6. The highest BCUT2D eigenvalue weighted by atomic mass is 16.5. The molecule has 0 spiro atoms. The largest absolute Gasteiger partial charge is 0.490 e. The summed E-state index contributed by atoms with van der Waals surface area (Å²) in [4.78, 5) is 0. The van der Waals surface area contributed by atoms with Gasteiger partial charge in [-0.05, 0) is 514 Å². The van der Waals surface area contributed by atoms with Gasteiger partial charge in [0, 0.05) is 22.3 Å². The normalized spacial score (nSPS) is 14.7. The minimum absolute atomic E-state index is 0.102. The molecule has 0 bridgehead atoms. The van der Waals surface area contributed by atoms with Crippen LogP contribution in [-0.2, 0) is 106 Å². The van der Waals surface area contributed by atoms with E-state index in [2.05, 4.69) is 20.8 Å². The van der Waals surface area contributed by atoms with Crippen LogP contribution < -0.4 is 9.47 Å². The van der Waals surface area contributed by atoms with Gasteiger partial charge in [-0.2, -0.15) is 0 Å². The van der Waals surface area contributed by atoms with Gasteiger partial charge in [-0.1, -0.05) is 40.0 Å². The van der Waals surface area contributed by atoms with E-state index in [0.29, 0.717) is 56.4 Å². The Morgan fingerprint density at radius 2 is 0.417 bits per heavy atom. The van der Waals surface area contributed by atoms with Gasteiger partial charge in [-0.3, -0.25) is 0 Å². The fourth-order valence-electron chi connectivity index (χ4n) is 18.3.